The fourth-order valence-corrected chi connectivity index (χ4v) is 2.43. The number of carbonyl (C=O) groups excluding carboxylic acids is 2. The van der Waals surface area contributed by atoms with E-state index in [0.29, 0.717) is 36.6 Å². The Morgan fingerprint density at radius 2 is 2.00 bits per heavy atom. The van der Waals surface area contributed by atoms with Crippen molar-refractivity contribution in [1.82, 2.24) is 10.1 Å². The average molecular weight is 377 g/mol. The number of hydrogen-bond donors (Lipinski definition) is 1. The van der Waals surface area contributed by atoms with Crippen LogP contribution >= 0.6 is 0 Å². The van der Waals surface area contributed by atoms with E-state index in [1.807, 2.05) is 0 Å². The zero-order valence-electron chi connectivity index (χ0n) is 15.6. The van der Waals surface area contributed by atoms with Crippen LogP contribution in [0.5, 0.6) is 11.5 Å². The molecule has 1 aromatic heterocycles. The third-order valence-electron chi connectivity index (χ3n) is 3.74. The summed E-state index contributed by atoms with van der Waals surface area (Å²) in [5.41, 5.74) is 0.338. The maximum atomic E-state index is 13.0. The van der Waals surface area contributed by atoms with Crippen LogP contribution in [-0.2, 0) is 9.53 Å². The van der Waals surface area contributed by atoms with Crippen LogP contribution in [0.4, 0.5) is 5.82 Å². The molecule has 0 saturated heterocycles. The summed E-state index contributed by atoms with van der Waals surface area (Å²) in [5, 5.41) is 6.20. The van der Waals surface area contributed by atoms with Gasteiger partial charge in [0.25, 0.3) is 5.91 Å². The monoisotopic (exact) mass is 377 g/mol. The van der Waals surface area contributed by atoms with E-state index in [9.17, 15) is 9.59 Å². The smallest absolute Gasteiger partial charge is 0.258 e. The molecule has 0 aliphatic heterocycles. The molecule has 0 atom stereocenters. The number of nitrogens with zero attached hydrogens (tertiary/aromatic N) is 2. The Morgan fingerprint density at radius 3 is 2.63 bits per heavy atom. The van der Waals surface area contributed by atoms with Gasteiger partial charge in [-0.05, 0) is 18.6 Å². The van der Waals surface area contributed by atoms with Gasteiger partial charge >= 0.3 is 0 Å². The lowest BCUT2D eigenvalue weighted by molar-refractivity contribution is -0.117. The molecular weight excluding hydrogens is 354 g/mol. The Morgan fingerprint density at radius 1 is 1.19 bits per heavy atom. The first-order chi connectivity index (χ1) is 13.1. The molecule has 0 bridgehead atoms. The molecule has 146 valence electrons. The van der Waals surface area contributed by atoms with Crippen molar-refractivity contribution < 1.29 is 28.3 Å². The summed E-state index contributed by atoms with van der Waals surface area (Å²) in [5.74, 6) is 0.500. The summed E-state index contributed by atoms with van der Waals surface area (Å²) in [6.07, 6.45) is 1.93. The molecule has 1 heterocycles. The van der Waals surface area contributed by atoms with Crippen LogP contribution in [0.1, 0.15) is 16.8 Å². The third-order valence-corrected chi connectivity index (χ3v) is 3.74. The topological polar surface area (TPSA) is 103 Å². The minimum Gasteiger partial charge on any atom is -0.497 e. The second-order valence-electron chi connectivity index (χ2n) is 5.57. The van der Waals surface area contributed by atoms with Gasteiger partial charge in [-0.1, -0.05) is 5.16 Å². The summed E-state index contributed by atoms with van der Waals surface area (Å²) >= 11 is 0. The first kappa shape index (κ1) is 20.2. The molecule has 9 heteroatoms. The summed E-state index contributed by atoms with van der Waals surface area (Å²) in [4.78, 5) is 26.7. The van der Waals surface area contributed by atoms with Crippen LogP contribution < -0.4 is 14.8 Å². The van der Waals surface area contributed by atoms with E-state index in [1.165, 1.54) is 31.4 Å². The van der Waals surface area contributed by atoms with Crippen LogP contribution in [0.2, 0.25) is 0 Å². The molecule has 0 spiro atoms. The normalized spacial score (nSPS) is 10.3. The van der Waals surface area contributed by atoms with E-state index in [0.717, 1.165) is 0 Å². The number of amides is 2. The highest BCUT2D eigenvalue weighted by molar-refractivity contribution is 6.00. The van der Waals surface area contributed by atoms with Gasteiger partial charge in [0.1, 0.15) is 24.3 Å². The predicted molar refractivity (Wildman–Crippen MR) is 97.1 cm³/mol. The van der Waals surface area contributed by atoms with Crippen molar-refractivity contribution in [2.45, 2.75) is 6.42 Å². The first-order valence-electron chi connectivity index (χ1n) is 8.29. The SMILES string of the molecule is COCCCN(CC(=O)Nc1ccon1)C(=O)c1ccc(OC)cc1OC. The van der Waals surface area contributed by atoms with Crippen molar-refractivity contribution in [3.8, 4) is 11.5 Å². The van der Waals surface area contributed by atoms with Crippen molar-refractivity contribution in [2.24, 2.45) is 0 Å². The van der Waals surface area contributed by atoms with Crippen LogP contribution in [0, 0.1) is 0 Å². The molecule has 0 radical (unpaired) electrons. The molecule has 1 aromatic carbocycles. The van der Waals surface area contributed by atoms with Gasteiger partial charge in [0.05, 0.1) is 19.8 Å². The summed E-state index contributed by atoms with van der Waals surface area (Å²) < 4.78 is 20.2. The van der Waals surface area contributed by atoms with Gasteiger partial charge < -0.3 is 29.0 Å². The molecule has 27 heavy (non-hydrogen) atoms. The van der Waals surface area contributed by atoms with E-state index in [1.54, 1.807) is 25.3 Å². The van der Waals surface area contributed by atoms with Crippen molar-refractivity contribution in [3.63, 3.8) is 0 Å². The highest BCUT2D eigenvalue weighted by atomic mass is 16.5. The van der Waals surface area contributed by atoms with Crippen molar-refractivity contribution in [2.75, 3.05) is 46.3 Å². The fraction of sp³-hybridized carbons (Fsp3) is 0.389. The maximum absolute atomic E-state index is 13.0. The minimum atomic E-state index is -0.387. The Bertz CT molecular complexity index is 748. The number of carbonyl (C=O) groups is 2. The van der Waals surface area contributed by atoms with Crippen molar-refractivity contribution in [3.05, 3.63) is 36.1 Å². The van der Waals surface area contributed by atoms with Crippen LogP contribution in [0.3, 0.4) is 0 Å². The molecule has 0 unspecified atom stereocenters. The second kappa shape index (κ2) is 10.2. The molecule has 0 fully saturated rings. The molecule has 2 amide bonds. The van der Waals surface area contributed by atoms with Crippen LogP contribution in [0.15, 0.2) is 35.1 Å². The van der Waals surface area contributed by atoms with Gasteiger partial charge in [-0.15, -0.1) is 0 Å². The molecule has 1 N–H and O–H groups in total. The lowest BCUT2D eigenvalue weighted by Gasteiger charge is -2.23. The summed E-state index contributed by atoms with van der Waals surface area (Å²) in [7, 11) is 4.58. The Labute approximate surface area is 157 Å². The zero-order chi connectivity index (χ0) is 19.6. The standard InChI is InChI=1S/C18H23N3O6/c1-24-9-4-8-21(12-17(22)19-16-7-10-27-20-16)18(23)14-6-5-13(25-2)11-15(14)26-3/h5-7,10-11H,4,8-9,12H2,1-3H3,(H,19,20,22). The summed E-state index contributed by atoms with van der Waals surface area (Å²) in [6.45, 7) is 0.660. The zero-order valence-corrected chi connectivity index (χ0v) is 15.6. The Hall–Kier alpha value is -3.07. The number of nitrogens with one attached hydrogen (secondary N) is 1. The highest BCUT2D eigenvalue weighted by Crippen LogP contribution is 2.25. The van der Waals surface area contributed by atoms with E-state index in [-0.39, 0.29) is 24.2 Å². The second-order valence-corrected chi connectivity index (χ2v) is 5.57. The number of benzene rings is 1. The molecule has 9 nitrogen and oxygen atoms in total. The number of hydrogen-bond acceptors (Lipinski definition) is 7. The first-order valence-corrected chi connectivity index (χ1v) is 8.29. The predicted octanol–water partition coefficient (Wildman–Crippen LogP) is 1.81. The van der Waals surface area contributed by atoms with Crippen LogP contribution in [0.25, 0.3) is 0 Å². The molecule has 2 rings (SSSR count). The average Bonchev–Trinajstić information content (AvgIpc) is 3.19. The van der Waals surface area contributed by atoms with E-state index < -0.39 is 0 Å². The van der Waals surface area contributed by atoms with Gasteiger partial charge in [0.15, 0.2) is 5.82 Å². The van der Waals surface area contributed by atoms with E-state index in [4.69, 9.17) is 14.2 Å². The van der Waals surface area contributed by atoms with Gasteiger partial charge in [0, 0.05) is 32.4 Å². The number of anilines is 1. The lowest BCUT2D eigenvalue weighted by atomic mass is 10.1. The third kappa shape index (κ3) is 5.71. The molecule has 2 aromatic rings. The molecular formula is C18H23N3O6. The van der Waals surface area contributed by atoms with Crippen molar-refractivity contribution in [1.29, 1.82) is 0 Å². The van der Waals surface area contributed by atoms with Crippen LogP contribution in [-0.4, -0.2) is 62.9 Å². The van der Waals surface area contributed by atoms with Crippen molar-refractivity contribution >= 4 is 17.6 Å². The number of aromatic nitrogens is 1. The number of rotatable bonds is 10. The van der Waals surface area contributed by atoms with Gasteiger partial charge in [-0.25, -0.2) is 0 Å². The quantitative estimate of drug-likeness (QED) is 0.630. The van der Waals surface area contributed by atoms with Gasteiger partial charge in [0.2, 0.25) is 5.91 Å². The minimum absolute atomic E-state index is 0.148. The fourth-order valence-electron chi connectivity index (χ4n) is 2.43. The molecule has 0 aliphatic rings. The summed E-state index contributed by atoms with van der Waals surface area (Å²) in [6, 6.07) is 6.41. The highest BCUT2D eigenvalue weighted by Gasteiger charge is 2.22. The number of methoxy groups -OCH3 is 3. The van der Waals surface area contributed by atoms with E-state index in [2.05, 4.69) is 15.0 Å². The Balaban J connectivity index is 2.16. The molecule has 0 saturated carbocycles. The molecule has 0 aliphatic carbocycles. The van der Waals surface area contributed by atoms with Gasteiger partial charge in [-0.2, -0.15) is 0 Å². The van der Waals surface area contributed by atoms with E-state index >= 15 is 0 Å². The maximum Gasteiger partial charge on any atom is 0.258 e. The van der Waals surface area contributed by atoms with Gasteiger partial charge in [-0.3, -0.25) is 9.59 Å². The lowest BCUT2D eigenvalue weighted by Crippen LogP contribution is -2.39. The number of ether oxygens (including phenoxy) is 3. The largest absolute Gasteiger partial charge is 0.497 e. The Kier molecular flexibility index (Phi) is 7.63.